The molecule has 0 heterocycles. The molecular weight excluding hydrogens is 348 g/mol. The minimum absolute atomic E-state index is 0.0522. The highest BCUT2D eigenvalue weighted by atomic mass is 35.5. The lowest BCUT2D eigenvalue weighted by molar-refractivity contribution is 0.636. The Morgan fingerprint density at radius 1 is 0.481 bits per heavy atom. The van der Waals surface area contributed by atoms with E-state index >= 15 is 0 Å². The van der Waals surface area contributed by atoms with Crippen molar-refractivity contribution in [3.63, 3.8) is 0 Å². The second-order valence-electron chi connectivity index (χ2n) is 7.05. The van der Waals surface area contributed by atoms with Crippen molar-refractivity contribution in [3.8, 4) is 11.1 Å². The smallest absolute Gasteiger partial charge is 0.105 e. The highest BCUT2D eigenvalue weighted by Crippen LogP contribution is 2.57. The molecule has 130 valence electrons. The van der Waals surface area contributed by atoms with Crippen LogP contribution in [-0.2, 0) is 4.87 Å². The van der Waals surface area contributed by atoms with E-state index in [1.807, 2.05) is 12.1 Å². The molecule has 0 aromatic heterocycles. The number of fused-ring (bicyclic) bond motifs is 3. The molecule has 27 heavy (non-hydrogen) atoms. The molecule has 0 bridgehead atoms. The summed E-state index contributed by atoms with van der Waals surface area (Å²) in [5, 5.41) is 0. The van der Waals surface area contributed by atoms with E-state index in [2.05, 4.69) is 97.1 Å². The molecule has 5 rings (SSSR count). The summed E-state index contributed by atoms with van der Waals surface area (Å²) in [5.74, 6) is 0.0522. The van der Waals surface area contributed by atoms with Gasteiger partial charge in [0.15, 0.2) is 0 Å². The van der Waals surface area contributed by atoms with Crippen LogP contribution in [0.1, 0.15) is 28.2 Å². The van der Waals surface area contributed by atoms with Crippen LogP contribution >= 0.6 is 11.6 Å². The summed E-state index contributed by atoms with van der Waals surface area (Å²) in [6.07, 6.45) is 0. The fourth-order valence-corrected chi connectivity index (χ4v) is 4.93. The summed E-state index contributed by atoms with van der Waals surface area (Å²) in [6, 6.07) is 38.3. The number of alkyl halides is 1. The van der Waals surface area contributed by atoms with Crippen molar-refractivity contribution in [2.45, 2.75) is 10.8 Å². The van der Waals surface area contributed by atoms with Crippen LogP contribution in [0.3, 0.4) is 0 Å². The molecule has 0 radical (unpaired) electrons. The molecule has 0 saturated carbocycles. The Kier molecular flexibility index (Phi) is 3.88. The molecular formula is C26H19Cl. The van der Waals surface area contributed by atoms with E-state index in [1.165, 1.54) is 22.3 Å². The van der Waals surface area contributed by atoms with Crippen LogP contribution in [0.5, 0.6) is 0 Å². The normalized spacial score (nSPS) is 13.2. The standard InChI is InChI=1S/C26H19Cl/c27-26(19-11-3-1-4-12-19,20-13-5-2-6-14-20)25-23-17-9-7-15-21(23)22-16-8-10-18-24(22)25/h1-18,25H. The SMILES string of the molecule is ClC(c1ccccc1)(c1ccccc1)C1c2ccccc2-c2ccccc21. The van der Waals surface area contributed by atoms with E-state index in [0.717, 1.165) is 11.1 Å². The van der Waals surface area contributed by atoms with E-state index in [1.54, 1.807) is 0 Å². The van der Waals surface area contributed by atoms with Crippen molar-refractivity contribution >= 4 is 11.6 Å². The van der Waals surface area contributed by atoms with Gasteiger partial charge in [-0.2, -0.15) is 0 Å². The van der Waals surface area contributed by atoms with Crippen LogP contribution in [-0.4, -0.2) is 0 Å². The Balaban J connectivity index is 1.84. The highest BCUT2D eigenvalue weighted by molar-refractivity contribution is 6.27. The van der Waals surface area contributed by atoms with Crippen LogP contribution in [0.15, 0.2) is 109 Å². The molecule has 0 atom stereocenters. The van der Waals surface area contributed by atoms with Crippen LogP contribution in [0.2, 0.25) is 0 Å². The van der Waals surface area contributed by atoms with Gasteiger partial charge in [0.1, 0.15) is 4.87 Å². The number of hydrogen-bond acceptors (Lipinski definition) is 0. The third-order valence-electron chi connectivity index (χ3n) is 5.62. The van der Waals surface area contributed by atoms with Crippen LogP contribution in [0.4, 0.5) is 0 Å². The van der Waals surface area contributed by atoms with Crippen molar-refractivity contribution < 1.29 is 0 Å². The number of halogens is 1. The summed E-state index contributed by atoms with van der Waals surface area (Å²) in [5.41, 5.74) is 7.40. The topological polar surface area (TPSA) is 0 Å². The first kappa shape index (κ1) is 16.4. The van der Waals surface area contributed by atoms with Crippen molar-refractivity contribution in [1.82, 2.24) is 0 Å². The Morgan fingerprint density at radius 2 is 0.852 bits per heavy atom. The Morgan fingerprint density at radius 3 is 1.30 bits per heavy atom. The van der Waals surface area contributed by atoms with Gasteiger partial charge in [-0.15, -0.1) is 11.6 Å². The maximum atomic E-state index is 7.65. The van der Waals surface area contributed by atoms with Crippen LogP contribution < -0.4 is 0 Å². The monoisotopic (exact) mass is 366 g/mol. The van der Waals surface area contributed by atoms with Gasteiger partial charge >= 0.3 is 0 Å². The Hall–Kier alpha value is -2.83. The van der Waals surface area contributed by atoms with Crippen LogP contribution in [0, 0.1) is 0 Å². The van der Waals surface area contributed by atoms with Gasteiger partial charge in [-0.3, -0.25) is 0 Å². The lowest BCUT2D eigenvalue weighted by Crippen LogP contribution is -2.29. The summed E-state index contributed by atoms with van der Waals surface area (Å²) in [4.78, 5) is -0.675. The predicted octanol–water partition coefficient (Wildman–Crippen LogP) is 6.98. The van der Waals surface area contributed by atoms with E-state index < -0.39 is 4.87 Å². The van der Waals surface area contributed by atoms with Gasteiger partial charge in [-0.1, -0.05) is 109 Å². The average Bonchev–Trinajstić information content (AvgIpc) is 3.09. The summed E-state index contributed by atoms with van der Waals surface area (Å²) in [7, 11) is 0. The summed E-state index contributed by atoms with van der Waals surface area (Å²) >= 11 is 7.65. The quantitative estimate of drug-likeness (QED) is 0.343. The zero-order valence-corrected chi connectivity index (χ0v) is 15.6. The lowest BCUT2D eigenvalue weighted by atomic mass is 9.75. The summed E-state index contributed by atoms with van der Waals surface area (Å²) in [6.45, 7) is 0. The molecule has 0 saturated heterocycles. The molecule has 1 heteroatoms. The second-order valence-corrected chi connectivity index (χ2v) is 7.65. The minimum atomic E-state index is -0.675. The van der Waals surface area contributed by atoms with E-state index in [0.29, 0.717) is 0 Å². The van der Waals surface area contributed by atoms with Gasteiger partial charge in [0.2, 0.25) is 0 Å². The van der Waals surface area contributed by atoms with Crippen LogP contribution in [0.25, 0.3) is 11.1 Å². The van der Waals surface area contributed by atoms with Crippen molar-refractivity contribution in [1.29, 1.82) is 0 Å². The van der Waals surface area contributed by atoms with Crippen molar-refractivity contribution in [2.75, 3.05) is 0 Å². The number of benzene rings is 4. The average molecular weight is 367 g/mol. The minimum Gasteiger partial charge on any atom is -0.108 e. The Bertz CT molecular complexity index is 998. The maximum Gasteiger partial charge on any atom is 0.105 e. The summed E-state index contributed by atoms with van der Waals surface area (Å²) < 4.78 is 0. The molecule has 1 aliphatic carbocycles. The molecule has 0 N–H and O–H groups in total. The van der Waals surface area contributed by atoms with Gasteiger partial charge in [0, 0.05) is 5.92 Å². The third kappa shape index (κ3) is 2.44. The first-order valence-electron chi connectivity index (χ1n) is 9.28. The zero-order chi connectivity index (χ0) is 18.3. The van der Waals surface area contributed by atoms with E-state index in [-0.39, 0.29) is 5.92 Å². The van der Waals surface area contributed by atoms with Crippen molar-refractivity contribution in [2.24, 2.45) is 0 Å². The third-order valence-corrected chi connectivity index (χ3v) is 6.27. The Labute approximate surface area is 165 Å². The molecule has 0 amide bonds. The highest BCUT2D eigenvalue weighted by Gasteiger charge is 2.46. The largest absolute Gasteiger partial charge is 0.108 e. The fourth-order valence-electron chi connectivity index (χ4n) is 4.45. The zero-order valence-electron chi connectivity index (χ0n) is 14.8. The molecule has 4 aromatic carbocycles. The first-order valence-corrected chi connectivity index (χ1v) is 9.66. The van der Waals surface area contributed by atoms with Gasteiger partial charge in [0.05, 0.1) is 0 Å². The van der Waals surface area contributed by atoms with E-state index in [4.69, 9.17) is 11.6 Å². The second kappa shape index (κ2) is 6.40. The van der Waals surface area contributed by atoms with Crippen molar-refractivity contribution in [3.05, 3.63) is 131 Å². The number of hydrogen-bond donors (Lipinski definition) is 0. The van der Waals surface area contributed by atoms with Gasteiger partial charge in [-0.05, 0) is 33.4 Å². The fraction of sp³-hybridized carbons (Fsp3) is 0.0769. The van der Waals surface area contributed by atoms with Gasteiger partial charge in [0.25, 0.3) is 0 Å². The predicted molar refractivity (Wildman–Crippen MR) is 113 cm³/mol. The lowest BCUT2D eigenvalue weighted by Gasteiger charge is -2.36. The maximum absolute atomic E-state index is 7.65. The molecule has 0 aliphatic heterocycles. The molecule has 0 nitrogen and oxygen atoms in total. The van der Waals surface area contributed by atoms with Gasteiger partial charge < -0.3 is 0 Å². The molecule has 4 aromatic rings. The molecule has 0 fully saturated rings. The van der Waals surface area contributed by atoms with Gasteiger partial charge in [-0.25, -0.2) is 0 Å². The molecule has 0 unspecified atom stereocenters. The first-order chi connectivity index (χ1) is 13.3. The number of rotatable bonds is 3. The van der Waals surface area contributed by atoms with E-state index in [9.17, 15) is 0 Å². The molecule has 1 aliphatic rings. The molecule has 0 spiro atoms.